The fraction of sp³-hybridized carbons (Fsp3) is 0.250. The predicted molar refractivity (Wildman–Crippen MR) is 115 cm³/mol. The molecule has 0 aliphatic carbocycles. The molecule has 0 bridgehead atoms. The Balaban J connectivity index is 1.62. The lowest BCUT2D eigenvalue weighted by Gasteiger charge is -2.11. The summed E-state index contributed by atoms with van der Waals surface area (Å²) in [4.78, 5) is 35.6. The van der Waals surface area contributed by atoms with Crippen LogP contribution in [0.3, 0.4) is 0 Å². The Bertz CT molecular complexity index is 1090. The van der Waals surface area contributed by atoms with Crippen LogP contribution in [0.25, 0.3) is 11.6 Å². The van der Waals surface area contributed by atoms with Crippen LogP contribution in [0, 0.1) is 13.8 Å². The van der Waals surface area contributed by atoms with Crippen molar-refractivity contribution in [1.82, 2.24) is 20.1 Å². The third-order valence-corrected chi connectivity index (χ3v) is 5.45. The van der Waals surface area contributed by atoms with Crippen LogP contribution in [-0.4, -0.2) is 38.4 Å². The molecule has 31 heavy (non-hydrogen) atoms. The van der Waals surface area contributed by atoms with Gasteiger partial charge in [-0.15, -0.1) is 10.2 Å². The summed E-state index contributed by atoms with van der Waals surface area (Å²) in [5, 5.41) is 13.5. The second kappa shape index (κ2) is 9.94. The molecular formula is C20H22N6O4S. The minimum Gasteiger partial charge on any atom is -0.461 e. The number of aromatic nitrogens is 3. The number of hydrogen-bond donors (Lipinski definition) is 3. The summed E-state index contributed by atoms with van der Waals surface area (Å²) in [6.45, 7) is 4.05. The van der Waals surface area contributed by atoms with E-state index in [0.29, 0.717) is 22.4 Å². The van der Waals surface area contributed by atoms with E-state index in [1.165, 1.54) is 6.26 Å². The topological polar surface area (TPSA) is 145 Å². The smallest absolute Gasteiger partial charge is 0.325 e. The van der Waals surface area contributed by atoms with Crippen molar-refractivity contribution >= 4 is 35.3 Å². The van der Waals surface area contributed by atoms with Gasteiger partial charge in [-0.2, -0.15) is 0 Å². The van der Waals surface area contributed by atoms with E-state index >= 15 is 0 Å². The maximum Gasteiger partial charge on any atom is 0.325 e. The lowest BCUT2D eigenvalue weighted by molar-refractivity contribution is -0.118. The molecule has 2 aromatic heterocycles. The second-order valence-corrected chi connectivity index (χ2v) is 7.63. The molecule has 0 spiro atoms. The molecule has 0 aliphatic heterocycles. The number of carbonyl (C=O) groups is 3. The van der Waals surface area contributed by atoms with Gasteiger partial charge < -0.3 is 15.5 Å². The summed E-state index contributed by atoms with van der Waals surface area (Å²) in [5.74, 6) is -0.164. The summed E-state index contributed by atoms with van der Waals surface area (Å²) in [7, 11) is 0. The van der Waals surface area contributed by atoms with Gasteiger partial charge in [0.15, 0.2) is 16.7 Å². The number of carbonyl (C=O) groups excluding carboxylic acids is 3. The summed E-state index contributed by atoms with van der Waals surface area (Å²) in [6, 6.07) is 8.32. The van der Waals surface area contributed by atoms with E-state index in [2.05, 4.69) is 20.8 Å². The number of nitrogens with two attached hydrogens (primary N) is 1. The van der Waals surface area contributed by atoms with Crippen LogP contribution in [0.1, 0.15) is 17.5 Å². The molecule has 0 unspecified atom stereocenters. The van der Waals surface area contributed by atoms with Gasteiger partial charge in [-0.25, -0.2) is 4.79 Å². The molecule has 11 heteroatoms. The zero-order chi connectivity index (χ0) is 22.4. The van der Waals surface area contributed by atoms with Gasteiger partial charge in [-0.1, -0.05) is 23.9 Å². The standard InChI is InChI=1S/C20H22N6O4S/c1-12-5-3-6-14(13(12)2)22-19(29)23-17(28)11-31-20-25-24-18(15-7-4-10-30-15)26(20)9-8-16(21)27/h3-7,10H,8-9,11H2,1-2H3,(H2,21,27)(H2,22,23,28,29). The van der Waals surface area contributed by atoms with Crippen LogP contribution in [-0.2, 0) is 16.1 Å². The summed E-state index contributed by atoms with van der Waals surface area (Å²) >= 11 is 1.08. The van der Waals surface area contributed by atoms with Crippen molar-refractivity contribution in [3.05, 3.63) is 47.7 Å². The highest BCUT2D eigenvalue weighted by molar-refractivity contribution is 7.99. The van der Waals surface area contributed by atoms with E-state index < -0.39 is 17.8 Å². The number of urea groups is 1. The molecule has 10 nitrogen and oxygen atoms in total. The van der Waals surface area contributed by atoms with Crippen LogP contribution in [0.5, 0.6) is 0 Å². The molecule has 4 N–H and O–H groups in total. The van der Waals surface area contributed by atoms with Crippen LogP contribution < -0.4 is 16.4 Å². The fourth-order valence-electron chi connectivity index (χ4n) is 2.74. The van der Waals surface area contributed by atoms with E-state index in [1.807, 2.05) is 26.0 Å². The molecule has 0 saturated carbocycles. The van der Waals surface area contributed by atoms with Crippen molar-refractivity contribution in [3.8, 4) is 11.6 Å². The van der Waals surface area contributed by atoms with Gasteiger partial charge in [0.05, 0.1) is 12.0 Å². The number of primary amides is 1. The minimum absolute atomic E-state index is 0.0732. The summed E-state index contributed by atoms with van der Waals surface area (Å²) < 4.78 is 7.00. The Hall–Kier alpha value is -3.60. The van der Waals surface area contributed by atoms with Crippen LogP contribution in [0.4, 0.5) is 10.5 Å². The quantitative estimate of drug-likeness (QED) is 0.454. The molecule has 0 fully saturated rings. The Morgan fingerprint density at radius 3 is 2.68 bits per heavy atom. The molecular weight excluding hydrogens is 420 g/mol. The van der Waals surface area contributed by atoms with E-state index in [-0.39, 0.29) is 18.7 Å². The number of nitrogens with one attached hydrogen (secondary N) is 2. The van der Waals surface area contributed by atoms with Gasteiger partial charge in [0, 0.05) is 18.7 Å². The van der Waals surface area contributed by atoms with Gasteiger partial charge in [0.25, 0.3) is 0 Å². The number of benzene rings is 1. The molecule has 3 aromatic rings. The SMILES string of the molecule is Cc1cccc(NC(=O)NC(=O)CSc2nnc(-c3ccco3)n2CCC(N)=O)c1C. The van der Waals surface area contributed by atoms with Gasteiger partial charge in [0.1, 0.15) is 0 Å². The zero-order valence-electron chi connectivity index (χ0n) is 17.0. The molecule has 0 saturated heterocycles. The molecule has 4 amide bonds. The predicted octanol–water partition coefficient (Wildman–Crippen LogP) is 2.47. The highest BCUT2D eigenvalue weighted by Crippen LogP contribution is 2.24. The third kappa shape index (κ3) is 5.72. The third-order valence-electron chi connectivity index (χ3n) is 4.48. The molecule has 0 aliphatic rings. The Morgan fingerprint density at radius 2 is 1.97 bits per heavy atom. The van der Waals surface area contributed by atoms with Gasteiger partial charge >= 0.3 is 6.03 Å². The number of thioether (sulfide) groups is 1. The molecule has 0 radical (unpaired) electrons. The monoisotopic (exact) mass is 442 g/mol. The number of imide groups is 1. The number of furan rings is 1. The van der Waals surface area contributed by atoms with Crippen molar-refractivity contribution in [1.29, 1.82) is 0 Å². The summed E-state index contributed by atoms with van der Waals surface area (Å²) in [6.07, 6.45) is 1.57. The van der Waals surface area contributed by atoms with E-state index in [1.54, 1.807) is 22.8 Å². The first-order chi connectivity index (χ1) is 14.8. The maximum atomic E-state index is 12.2. The largest absolute Gasteiger partial charge is 0.461 e. The van der Waals surface area contributed by atoms with E-state index in [9.17, 15) is 14.4 Å². The average molecular weight is 443 g/mol. The fourth-order valence-corrected chi connectivity index (χ4v) is 3.50. The first-order valence-electron chi connectivity index (χ1n) is 9.40. The van der Waals surface area contributed by atoms with Crippen molar-refractivity contribution < 1.29 is 18.8 Å². The normalized spacial score (nSPS) is 10.6. The summed E-state index contributed by atoms with van der Waals surface area (Å²) in [5.41, 5.74) is 7.84. The van der Waals surface area contributed by atoms with Crippen molar-refractivity contribution in [2.75, 3.05) is 11.1 Å². The number of amides is 4. The van der Waals surface area contributed by atoms with Crippen molar-refractivity contribution in [2.24, 2.45) is 5.73 Å². The van der Waals surface area contributed by atoms with Crippen molar-refractivity contribution in [3.63, 3.8) is 0 Å². The Kier molecular flexibility index (Phi) is 7.08. The first kappa shape index (κ1) is 22.1. The van der Waals surface area contributed by atoms with Crippen LogP contribution in [0.2, 0.25) is 0 Å². The van der Waals surface area contributed by atoms with Crippen molar-refractivity contribution in [2.45, 2.75) is 32.0 Å². The van der Waals surface area contributed by atoms with Crippen LogP contribution in [0.15, 0.2) is 46.2 Å². The highest BCUT2D eigenvalue weighted by Gasteiger charge is 2.18. The number of nitrogens with zero attached hydrogens (tertiary/aromatic N) is 3. The number of rotatable bonds is 8. The Morgan fingerprint density at radius 1 is 1.16 bits per heavy atom. The van der Waals surface area contributed by atoms with Gasteiger partial charge in [-0.05, 0) is 43.2 Å². The molecule has 162 valence electrons. The van der Waals surface area contributed by atoms with Gasteiger partial charge in [-0.3, -0.25) is 19.5 Å². The second-order valence-electron chi connectivity index (χ2n) is 6.69. The zero-order valence-corrected chi connectivity index (χ0v) is 17.9. The number of hydrogen-bond acceptors (Lipinski definition) is 7. The lowest BCUT2D eigenvalue weighted by Crippen LogP contribution is -2.35. The molecule has 0 atom stereocenters. The van der Waals surface area contributed by atoms with Gasteiger partial charge in [0.2, 0.25) is 11.8 Å². The minimum atomic E-state index is -0.620. The Labute approximate surface area is 182 Å². The molecule has 3 rings (SSSR count). The average Bonchev–Trinajstić information content (AvgIpc) is 3.37. The lowest BCUT2D eigenvalue weighted by atomic mass is 10.1. The number of aryl methyl sites for hydroxylation is 1. The first-order valence-corrected chi connectivity index (χ1v) is 10.4. The van der Waals surface area contributed by atoms with E-state index in [4.69, 9.17) is 10.2 Å². The highest BCUT2D eigenvalue weighted by atomic mass is 32.2. The number of anilines is 1. The molecule has 2 heterocycles. The maximum absolute atomic E-state index is 12.2. The van der Waals surface area contributed by atoms with Crippen LogP contribution >= 0.6 is 11.8 Å². The van der Waals surface area contributed by atoms with E-state index in [0.717, 1.165) is 22.9 Å². The molecule has 1 aromatic carbocycles.